The quantitative estimate of drug-likeness (QED) is 0.735. The molecule has 82 valence electrons. The lowest BCUT2D eigenvalue weighted by Gasteiger charge is -2.35. The van der Waals surface area contributed by atoms with Crippen molar-refractivity contribution in [1.82, 2.24) is 9.97 Å². The molecule has 1 aromatic rings. The van der Waals surface area contributed by atoms with E-state index in [1.807, 2.05) is 0 Å². The predicted molar refractivity (Wildman–Crippen MR) is 58.7 cm³/mol. The fourth-order valence-electron chi connectivity index (χ4n) is 1.90. The molecule has 2 N–H and O–H groups in total. The summed E-state index contributed by atoms with van der Waals surface area (Å²) < 4.78 is 5.65. The van der Waals surface area contributed by atoms with Crippen LogP contribution in [0.1, 0.15) is 13.8 Å². The maximum Gasteiger partial charge on any atom is 0.134 e. The number of nitrogens with zero attached hydrogens (tertiary/aromatic N) is 3. The molecule has 0 bridgehead atoms. The summed E-state index contributed by atoms with van der Waals surface area (Å²) in [7, 11) is 0. The van der Waals surface area contributed by atoms with Crippen molar-refractivity contribution >= 4 is 11.6 Å². The summed E-state index contributed by atoms with van der Waals surface area (Å²) in [5.41, 5.74) is 5.63. The SMILES string of the molecule is CC1CN(c2cc(N)ncn2)CC(C)O1. The van der Waals surface area contributed by atoms with Gasteiger partial charge < -0.3 is 15.4 Å². The molecular formula is C10H16N4O. The zero-order valence-electron chi connectivity index (χ0n) is 9.05. The van der Waals surface area contributed by atoms with Crippen molar-refractivity contribution in [2.45, 2.75) is 26.1 Å². The number of nitrogens with two attached hydrogens (primary N) is 1. The highest BCUT2D eigenvalue weighted by Gasteiger charge is 2.23. The lowest BCUT2D eigenvalue weighted by Crippen LogP contribution is -2.45. The van der Waals surface area contributed by atoms with Crippen LogP contribution in [0, 0.1) is 0 Å². The van der Waals surface area contributed by atoms with E-state index in [0.29, 0.717) is 5.82 Å². The zero-order chi connectivity index (χ0) is 10.8. The van der Waals surface area contributed by atoms with Crippen LogP contribution in [-0.2, 0) is 4.74 Å². The first-order valence-electron chi connectivity index (χ1n) is 5.13. The van der Waals surface area contributed by atoms with Crippen LogP contribution in [0.5, 0.6) is 0 Å². The minimum Gasteiger partial charge on any atom is -0.384 e. The zero-order valence-corrected chi connectivity index (χ0v) is 9.05. The molecule has 1 aromatic heterocycles. The second-order valence-electron chi connectivity index (χ2n) is 3.96. The number of nitrogen functional groups attached to an aromatic ring is 1. The molecule has 0 radical (unpaired) electrons. The number of rotatable bonds is 1. The highest BCUT2D eigenvalue weighted by molar-refractivity contribution is 5.46. The van der Waals surface area contributed by atoms with Crippen molar-refractivity contribution in [3.63, 3.8) is 0 Å². The summed E-state index contributed by atoms with van der Waals surface area (Å²) in [6.45, 7) is 5.82. The molecule has 5 nitrogen and oxygen atoms in total. The van der Waals surface area contributed by atoms with Crippen LogP contribution < -0.4 is 10.6 Å². The highest BCUT2D eigenvalue weighted by Crippen LogP contribution is 2.18. The van der Waals surface area contributed by atoms with Crippen LogP contribution in [0.3, 0.4) is 0 Å². The van der Waals surface area contributed by atoms with Gasteiger partial charge in [0.25, 0.3) is 0 Å². The average molecular weight is 208 g/mol. The summed E-state index contributed by atoms with van der Waals surface area (Å²) in [6.07, 6.45) is 1.95. The molecule has 2 heterocycles. The second kappa shape index (κ2) is 4.02. The average Bonchev–Trinajstić information content (AvgIpc) is 2.16. The lowest BCUT2D eigenvalue weighted by atomic mass is 10.2. The third-order valence-corrected chi connectivity index (χ3v) is 2.42. The van der Waals surface area contributed by atoms with E-state index in [0.717, 1.165) is 18.9 Å². The highest BCUT2D eigenvalue weighted by atomic mass is 16.5. The van der Waals surface area contributed by atoms with Gasteiger partial charge in [-0.3, -0.25) is 0 Å². The molecule has 2 rings (SSSR count). The van der Waals surface area contributed by atoms with Crippen molar-refractivity contribution in [1.29, 1.82) is 0 Å². The maximum atomic E-state index is 5.65. The Labute approximate surface area is 89.3 Å². The Morgan fingerprint density at radius 3 is 2.60 bits per heavy atom. The molecule has 2 unspecified atom stereocenters. The maximum absolute atomic E-state index is 5.65. The number of morpholine rings is 1. The summed E-state index contributed by atoms with van der Waals surface area (Å²) in [6, 6.07) is 1.80. The molecule has 15 heavy (non-hydrogen) atoms. The normalized spacial score (nSPS) is 26.7. The monoisotopic (exact) mass is 208 g/mol. The van der Waals surface area contributed by atoms with Gasteiger partial charge in [-0.25, -0.2) is 9.97 Å². The summed E-state index contributed by atoms with van der Waals surface area (Å²) in [4.78, 5) is 10.3. The van der Waals surface area contributed by atoms with Gasteiger partial charge in [0.1, 0.15) is 18.0 Å². The van der Waals surface area contributed by atoms with Crippen LogP contribution >= 0.6 is 0 Å². The number of anilines is 2. The fourth-order valence-corrected chi connectivity index (χ4v) is 1.90. The third-order valence-electron chi connectivity index (χ3n) is 2.42. The van der Waals surface area contributed by atoms with Crippen LogP contribution in [0.2, 0.25) is 0 Å². The molecule has 1 aliphatic heterocycles. The van der Waals surface area contributed by atoms with Crippen LogP contribution in [-0.4, -0.2) is 35.3 Å². The van der Waals surface area contributed by atoms with Crippen molar-refractivity contribution in [3.05, 3.63) is 12.4 Å². The summed E-state index contributed by atoms with van der Waals surface area (Å²) in [5.74, 6) is 1.39. The predicted octanol–water partition coefficient (Wildman–Crippen LogP) is 0.672. The van der Waals surface area contributed by atoms with Crippen LogP contribution in [0.25, 0.3) is 0 Å². The van der Waals surface area contributed by atoms with E-state index in [9.17, 15) is 0 Å². The largest absolute Gasteiger partial charge is 0.384 e. The molecule has 0 aliphatic carbocycles. The first kappa shape index (κ1) is 10.2. The number of aromatic nitrogens is 2. The Hall–Kier alpha value is -1.36. The lowest BCUT2D eigenvalue weighted by molar-refractivity contribution is -0.00546. The standard InChI is InChI=1S/C10H16N4O/c1-7-4-14(5-8(2)15-7)10-3-9(11)12-6-13-10/h3,6-8H,4-5H2,1-2H3,(H2,11,12,13). The van der Waals surface area contributed by atoms with E-state index in [1.165, 1.54) is 6.33 Å². The van der Waals surface area contributed by atoms with Crippen molar-refractivity contribution < 1.29 is 4.74 Å². The molecule has 5 heteroatoms. The van der Waals surface area contributed by atoms with E-state index in [1.54, 1.807) is 6.07 Å². The minimum absolute atomic E-state index is 0.227. The van der Waals surface area contributed by atoms with Crippen LogP contribution in [0.15, 0.2) is 12.4 Å². The first-order valence-corrected chi connectivity index (χ1v) is 5.13. The van der Waals surface area contributed by atoms with Crippen LogP contribution in [0.4, 0.5) is 11.6 Å². The Morgan fingerprint density at radius 2 is 2.00 bits per heavy atom. The Bertz CT molecular complexity index is 334. The van der Waals surface area contributed by atoms with E-state index >= 15 is 0 Å². The Balaban J connectivity index is 2.16. The summed E-state index contributed by atoms with van der Waals surface area (Å²) in [5, 5.41) is 0. The minimum atomic E-state index is 0.227. The first-order chi connectivity index (χ1) is 7.15. The van der Waals surface area contributed by atoms with Crippen molar-refractivity contribution in [2.75, 3.05) is 23.7 Å². The van der Waals surface area contributed by atoms with E-state index in [2.05, 4.69) is 28.7 Å². The van der Waals surface area contributed by atoms with E-state index < -0.39 is 0 Å². The van der Waals surface area contributed by atoms with Gasteiger partial charge in [0.2, 0.25) is 0 Å². The Morgan fingerprint density at radius 1 is 1.33 bits per heavy atom. The molecule has 0 aromatic carbocycles. The topological polar surface area (TPSA) is 64.3 Å². The molecule has 0 spiro atoms. The smallest absolute Gasteiger partial charge is 0.134 e. The molecular weight excluding hydrogens is 192 g/mol. The van der Waals surface area contributed by atoms with Crippen molar-refractivity contribution in [2.24, 2.45) is 0 Å². The van der Waals surface area contributed by atoms with Crippen molar-refractivity contribution in [3.8, 4) is 0 Å². The number of hydrogen-bond donors (Lipinski definition) is 1. The van der Waals surface area contributed by atoms with E-state index in [-0.39, 0.29) is 12.2 Å². The van der Waals surface area contributed by atoms with Gasteiger partial charge in [-0.2, -0.15) is 0 Å². The molecule has 1 aliphatic rings. The van der Waals surface area contributed by atoms with E-state index in [4.69, 9.17) is 10.5 Å². The van der Waals surface area contributed by atoms with Gasteiger partial charge in [0.05, 0.1) is 12.2 Å². The number of ether oxygens (including phenoxy) is 1. The molecule has 0 amide bonds. The molecule has 2 atom stereocenters. The van der Waals surface area contributed by atoms with Gasteiger partial charge in [-0.05, 0) is 13.8 Å². The fraction of sp³-hybridized carbons (Fsp3) is 0.600. The van der Waals surface area contributed by atoms with Gasteiger partial charge in [0.15, 0.2) is 0 Å². The summed E-state index contributed by atoms with van der Waals surface area (Å²) >= 11 is 0. The Kier molecular flexibility index (Phi) is 2.73. The van der Waals surface area contributed by atoms with Gasteiger partial charge in [-0.15, -0.1) is 0 Å². The van der Waals surface area contributed by atoms with Gasteiger partial charge >= 0.3 is 0 Å². The molecule has 1 saturated heterocycles. The second-order valence-corrected chi connectivity index (χ2v) is 3.96. The van der Waals surface area contributed by atoms with Gasteiger partial charge in [-0.1, -0.05) is 0 Å². The number of hydrogen-bond acceptors (Lipinski definition) is 5. The third kappa shape index (κ3) is 2.36. The van der Waals surface area contributed by atoms with Gasteiger partial charge in [0, 0.05) is 19.2 Å². The molecule has 1 fully saturated rings. The molecule has 0 saturated carbocycles.